The molecule has 0 bridgehead atoms. The van der Waals surface area contributed by atoms with Gasteiger partial charge in [0, 0.05) is 7.05 Å². The number of anilines is 1. The van der Waals surface area contributed by atoms with Crippen LogP contribution in [0.15, 0.2) is 24.3 Å². The van der Waals surface area contributed by atoms with Crippen molar-refractivity contribution in [3.05, 3.63) is 29.8 Å². The number of carboxylic acid groups (broad SMARTS) is 1. The summed E-state index contributed by atoms with van der Waals surface area (Å²) in [6.45, 7) is -0.307. The molecule has 96 valence electrons. The van der Waals surface area contributed by atoms with Crippen LogP contribution < -0.4 is 16.0 Å². The Bertz CT molecular complexity index is 487. The molecule has 4 N–H and O–H groups in total. The highest BCUT2D eigenvalue weighted by molar-refractivity contribution is 6.01. The van der Waals surface area contributed by atoms with Crippen LogP contribution >= 0.6 is 0 Å². The third-order valence-corrected chi connectivity index (χ3v) is 2.21. The normalized spacial score (nSPS) is 9.61. The van der Waals surface area contributed by atoms with Gasteiger partial charge in [0.25, 0.3) is 0 Å². The Balaban J connectivity index is 2.89. The first-order valence-electron chi connectivity index (χ1n) is 5.05. The molecule has 0 aliphatic carbocycles. The summed E-state index contributed by atoms with van der Waals surface area (Å²) in [6.07, 6.45) is 0. The van der Waals surface area contributed by atoms with Crippen LogP contribution in [-0.2, 0) is 4.79 Å². The number of para-hydroxylation sites is 1. The number of hydrogen-bond acceptors (Lipinski definition) is 3. The Hall–Kier alpha value is -2.57. The molecule has 0 saturated carbocycles. The summed E-state index contributed by atoms with van der Waals surface area (Å²) in [4.78, 5) is 34.3. The van der Waals surface area contributed by atoms with Gasteiger partial charge in [0.1, 0.15) is 0 Å². The SMILES string of the molecule is CN(C(=O)NCC(N)=O)c1ccccc1C(=O)O. The topological polar surface area (TPSA) is 113 Å². The molecule has 3 amide bonds. The number of nitrogens with one attached hydrogen (secondary N) is 1. The first-order valence-corrected chi connectivity index (χ1v) is 5.05. The zero-order valence-corrected chi connectivity index (χ0v) is 9.71. The van der Waals surface area contributed by atoms with Crippen molar-refractivity contribution in [2.24, 2.45) is 5.73 Å². The minimum absolute atomic E-state index is 0.00535. The van der Waals surface area contributed by atoms with Crippen LogP contribution in [0.2, 0.25) is 0 Å². The van der Waals surface area contributed by atoms with E-state index in [2.05, 4.69) is 5.32 Å². The molecule has 0 saturated heterocycles. The number of primary amides is 1. The number of carbonyl (C=O) groups excluding carboxylic acids is 2. The van der Waals surface area contributed by atoms with Crippen LogP contribution in [0.25, 0.3) is 0 Å². The van der Waals surface area contributed by atoms with Gasteiger partial charge in [-0.05, 0) is 12.1 Å². The molecule has 0 spiro atoms. The molecular formula is C11H13N3O4. The Morgan fingerprint density at radius 2 is 1.94 bits per heavy atom. The van der Waals surface area contributed by atoms with Gasteiger partial charge >= 0.3 is 12.0 Å². The molecule has 0 unspecified atom stereocenters. The summed E-state index contributed by atoms with van der Waals surface area (Å²) in [7, 11) is 1.40. The van der Waals surface area contributed by atoms with Gasteiger partial charge in [-0.2, -0.15) is 0 Å². The van der Waals surface area contributed by atoms with Crippen molar-refractivity contribution in [3.8, 4) is 0 Å². The number of carbonyl (C=O) groups is 3. The third-order valence-electron chi connectivity index (χ3n) is 2.21. The maximum absolute atomic E-state index is 11.6. The van der Waals surface area contributed by atoms with E-state index in [0.717, 1.165) is 4.90 Å². The smallest absolute Gasteiger partial charge is 0.337 e. The van der Waals surface area contributed by atoms with Gasteiger partial charge in [-0.1, -0.05) is 12.1 Å². The summed E-state index contributed by atoms with van der Waals surface area (Å²) >= 11 is 0. The number of nitrogens with two attached hydrogens (primary N) is 1. The largest absolute Gasteiger partial charge is 0.478 e. The highest BCUT2D eigenvalue weighted by atomic mass is 16.4. The molecule has 7 nitrogen and oxygen atoms in total. The monoisotopic (exact) mass is 251 g/mol. The zero-order chi connectivity index (χ0) is 13.7. The highest BCUT2D eigenvalue weighted by Gasteiger charge is 2.17. The summed E-state index contributed by atoms with van der Waals surface area (Å²) in [5.41, 5.74) is 5.11. The number of benzene rings is 1. The second kappa shape index (κ2) is 5.67. The van der Waals surface area contributed by atoms with Gasteiger partial charge in [-0.15, -0.1) is 0 Å². The molecule has 1 aromatic rings. The van der Waals surface area contributed by atoms with E-state index in [1.165, 1.54) is 19.2 Å². The summed E-state index contributed by atoms with van der Waals surface area (Å²) in [5, 5.41) is 11.2. The standard InChI is InChI=1S/C11H13N3O4/c1-14(11(18)13-6-9(12)15)8-5-3-2-4-7(8)10(16)17/h2-5H,6H2,1H3,(H2,12,15)(H,13,18)(H,16,17). The molecule has 1 aromatic carbocycles. The van der Waals surface area contributed by atoms with Crippen LogP contribution in [0.4, 0.5) is 10.5 Å². The summed E-state index contributed by atoms with van der Waals surface area (Å²) < 4.78 is 0. The Labute approximate surface area is 103 Å². The van der Waals surface area contributed by atoms with Gasteiger partial charge in [0.15, 0.2) is 0 Å². The van der Waals surface area contributed by atoms with Crippen molar-refractivity contribution in [3.63, 3.8) is 0 Å². The number of aromatic carboxylic acids is 1. The van der Waals surface area contributed by atoms with E-state index in [1.54, 1.807) is 12.1 Å². The number of carboxylic acids is 1. The van der Waals surface area contributed by atoms with E-state index in [0.29, 0.717) is 0 Å². The van der Waals surface area contributed by atoms with Crippen LogP contribution in [-0.4, -0.2) is 36.6 Å². The van der Waals surface area contributed by atoms with Gasteiger partial charge in [-0.25, -0.2) is 9.59 Å². The quantitative estimate of drug-likeness (QED) is 0.699. The fourth-order valence-electron chi connectivity index (χ4n) is 1.34. The molecule has 0 aromatic heterocycles. The van der Waals surface area contributed by atoms with Crippen molar-refractivity contribution in [1.82, 2.24) is 5.32 Å². The van der Waals surface area contributed by atoms with Crippen molar-refractivity contribution < 1.29 is 19.5 Å². The maximum Gasteiger partial charge on any atom is 0.337 e. The lowest BCUT2D eigenvalue weighted by Gasteiger charge is -2.19. The van der Waals surface area contributed by atoms with E-state index in [9.17, 15) is 14.4 Å². The van der Waals surface area contributed by atoms with Crippen LogP contribution in [0, 0.1) is 0 Å². The average Bonchev–Trinajstić information content (AvgIpc) is 2.34. The molecule has 0 aliphatic rings. The number of amides is 3. The van der Waals surface area contributed by atoms with Crippen molar-refractivity contribution in [2.75, 3.05) is 18.5 Å². The van der Waals surface area contributed by atoms with E-state index in [4.69, 9.17) is 10.8 Å². The number of hydrogen-bond donors (Lipinski definition) is 3. The Morgan fingerprint density at radius 1 is 1.33 bits per heavy atom. The maximum atomic E-state index is 11.6. The molecule has 0 fully saturated rings. The summed E-state index contributed by atoms with van der Waals surface area (Å²) in [6, 6.07) is 5.44. The third kappa shape index (κ3) is 3.21. The molecule has 0 atom stereocenters. The van der Waals surface area contributed by atoms with Gasteiger partial charge < -0.3 is 16.2 Å². The van der Waals surface area contributed by atoms with Gasteiger partial charge in [-0.3, -0.25) is 9.69 Å². The van der Waals surface area contributed by atoms with Crippen molar-refractivity contribution >= 4 is 23.6 Å². The number of rotatable bonds is 4. The molecule has 7 heteroatoms. The van der Waals surface area contributed by atoms with Crippen molar-refractivity contribution in [1.29, 1.82) is 0 Å². The second-order valence-corrected chi connectivity index (χ2v) is 3.51. The lowest BCUT2D eigenvalue weighted by Crippen LogP contribution is -2.42. The van der Waals surface area contributed by atoms with E-state index in [1.807, 2.05) is 0 Å². The molecule has 1 rings (SSSR count). The van der Waals surface area contributed by atoms with Crippen LogP contribution in [0.1, 0.15) is 10.4 Å². The predicted molar refractivity (Wildman–Crippen MR) is 64.4 cm³/mol. The number of urea groups is 1. The predicted octanol–water partition coefficient (Wildman–Crippen LogP) is 0.0159. The minimum atomic E-state index is -1.14. The molecule has 0 aliphatic heterocycles. The molecule has 0 heterocycles. The highest BCUT2D eigenvalue weighted by Crippen LogP contribution is 2.18. The van der Waals surface area contributed by atoms with Crippen LogP contribution in [0.5, 0.6) is 0 Å². The van der Waals surface area contributed by atoms with E-state index >= 15 is 0 Å². The lowest BCUT2D eigenvalue weighted by molar-refractivity contribution is -0.117. The minimum Gasteiger partial charge on any atom is -0.478 e. The fraction of sp³-hybridized carbons (Fsp3) is 0.182. The van der Waals surface area contributed by atoms with Crippen LogP contribution in [0.3, 0.4) is 0 Å². The van der Waals surface area contributed by atoms with E-state index in [-0.39, 0.29) is 17.8 Å². The van der Waals surface area contributed by atoms with Gasteiger partial charge in [0.2, 0.25) is 5.91 Å². The Morgan fingerprint density at radius 3 is 2.50 bits per heavy atom. The summed E-state index contributed by atoms with van der Waals surface area (Å²) in [5.74, 6) is -1.82. The fourth-order valence-corrected chi connectivity index (χ4v) is 1.34. The van der Waals surface area contributed by atoms with E-state index < -0.39 is 17.9 Å². The Kier molecular flexibility index (Phi) is 4.25. The average molecular weight is 251 g/mol. The van der Waals surface area contributed by atoms with Gasteiger partial charge in [0.05, 0.1) is 17.8 Å². The second-order valence-electron chi connectivity index (χ2n) is 3.51. The van der Waals surface area contributed by atoms with Crippen molar-refractivity contribution in [2.45, 2.75) is 0 Å². The number of nitrogens with zero attached hydrogens (tertiary/aromatic N) is 1. The zero-order valence-electron chi connectivity index (χ0n) is 9.71. The molecular weight excluding hydrogens is 238 g/mol. The lowest BCUT2D eigenvalue weighted by atomic mass is 10.1. The molecule has 0 radical (unpaired) electrons. The first kappa shape index (κ1) is 13.5. The molecule has 18 heavy (non-hydrogen) atoms. The first-order chi connectivity index (χ1) is 8.43.